The van der Waals surface area contributed by atoms with Crippen molar-refractivity contribution in [2.45, 2.75) is 25.6 Å². The highest BCUT2D eigenvalue weighted by atomic mass is 19.4. The minimum Gasteiger partial charge on any atom is -0.494 e. The Morgan fingerprint density at radius 2 is 1.85 bits per heavy atom. The fraction of sp³-hybridized carbons (Fsp3) is 0.360. The van der Waals surface area contributed by atoms with Crippen molar-refractivity contribution in [3.05, 3.63) is 65.9 Å². The molecule has 0 saturated carbocycles. The van der Waals surface area contributed by atoms with Gasteiger partial charge < -0.3 is 9.64 Å². The average molecular weight is 457 g/mol. The van der Waals surface area contributed by atoms with Gasteiger partial charge in [0.25, 0.3) is 0 Å². The maximum absolute atomic E-state index is 13.3. The first-order valence-corrected chi connectivity index (χ1v) is 10.8. The van der Waals surface area contributed by atoms with E-state index in [9.17, 15) is 18.0 Å². The summed E-state index contributed by atoms with van der Waals surface area (Å²) in [5.74, 6) is 0.413. The Morgan fingerprint density at radius 3 is 2.52 bits per heavy atom. The van der Waals surface area contributed by atoms with E-state index >= 15 is 0 Å². The molecule has 1 saturated heterocycles. The van der Waals surface area contributed by atoms with Crippen molar-refractivity contribution >= 4 is 22.4 Å². The minimum absolute atomic E-state index is 0.0876. The van der Waals surface area contributed by atoms with Crippen LogP contribution >= 0.6 is 0 Å². The van der Waals surface area contributed by atoms with E-state index in [2.05, 4.69) is 26.9 Å². The van der Waals surface area contributed by atoms with Gasteiger partial charge in [0, 0.05) is 36.7 Å². The first kappa shape index (κ1) is 23.0. The molecule has 8 heteroatoms. The van der Waals surface area contributed by atoms with Gasteiger partial charge in [-0.15, -0.1) is 0 Å². The number of ketones is 1. The highest BCUT2D eigenvalue weighted by Crippen LogP contribution is 2.37. The van der Waals surface area contributed by atoms with Gasteiger partial charge >= 0.3 is 6.18 Å². The summed E-state index contributed by atoms with van der Waals surface area (Å²) in [4.78, 5) is 20.1. The number of rotatable bonds is 6. The second-order valence-corrected chi connectivity index (χ2v) is 8.34. The molecule has 4 rings (SSSR count). The molecule has 33 heavy (non-hydrogen) atoms. The van der Waals surface area contributed by atoms with Gasteiger partial charge in [0.15, 0.2) is 0 Å². The van der Waals surface area contributed by atoms with E-state index in [1.807, 2.05) is 24.3 Å². The van der Waals surface area contributed by atoms with Crippen molar-refractivity contribution in [2.75, 3.05) is 38.2 Å². The molecule has 3 aromatic rings. The van der Waals surface area contributed by atoms with Crippen LogP contribution < -0.4 is 9.64 Å². The van der Waals surface area contributed by atoms with E-state index in [1.165, 1.54) is 18.7 Å². The molecule has 1 aromatic heterocycles. The summed E-state index contributed by atoms with van der Waals surface area (Å²) in [6, 6.07) is 16.2. The number of aromatic nitrogens is 1. The maximum atomic E-state index is 13.3. The number of benzene rings is 2. The molecule has 1 unspecified atom stereocenters. The Kier molecular flexibility index (Phi) is 6.56. The number of ether oxygens (including phenoxy) is 1. The number of Topliss-reactive ketones (excluding diaryl/α,β-unsaturated/α-hetero) is 1. The zero-order valence-electron chi connectivity index (χ0n) is 18.6. The molecule has 0 radical (unpaired) electrons. The number of nitrogens with zero attached hydrogens (tertiary/aromatic N) is 3. The molecule has 0 spiro atoms. The predicted molar refractivity (Wildman–Crippen MR) is 122 cm³/mol. The van der Waals surface area contributed by atoms with Gasteiger partial charge in [-0.1, -0.05) is 30.3 Å². The lowest BCUT2D eigenvalue weighted by atomic mass is 10.0. The SMILES string of the molecule is COc1ccc(N2CCN(CC(C)=O)C(Cc3ccccc3)C2)c2ccc(C(F)(F)F)nc12. The topological polar surface area (TPSA) is 45.7 Å². The number of piperazine rings is 1. The van der Waals surface area contributed by atoms with E-state index in [1.54, 1.807) is 13.0 Å². The fourth-order valence-corrected chi connectivity index (χ4v) is 4.46. The van der Waals surface area contributed by atoms with Crippen LogP contribution in [0.3, 0.4) is 0 Å². The number of hydrogen-bond donors (Lipinski definition) is 0. The molecular weight excluding hydrogens is 431 g/mol. The van der Waals surface area contributed by atoms with Crippen LogP contribution in [0, 0.1) is 0 Å². The zero-order valence-corrected chi connectivity index (χ0v) is 18.6. The molecule has 2 heterocycles. The van der Waals surface area contributed by atoms with E-state index in [0.717, 1.165) is 18.2 Å². The van der Waals surface area contributed by atoms with E-state index < -0.39 is 11.9 Å². The summed E-state index contributed by atoms with van der Waals surface area (Å²) in [5.41, 5.74) is 1.23. The third-order valence-electron chi connectivity index (χ3n) is 5.99. The van der Waals surface area contributed by atoms with Crippen LogP contribution in [0.25, 0.3) is 10.9 Å². The molecule has 0 bridgehead atoms. The van der Waals surface area contributed by atoms with Crippen molar-refractivity contribution in [2.24, 2.45) is 0 Å². The number of carbonyl (C=O) groups is 1. The first-order chi connectivity index (χ1) is 15.8. The molecule has 1 atom stereocenters. The monoisotopic (exact) mass is 457 g/mol. The molecule has 1 aliphatic rings. The van der Waals surface area contributed by atoms with Crippen LogP contribution in [0.1, 0.15) is 18.2 Å². The van der Waals surface area contributed by atoms with Gasteiger partial charge in [-0.05, 0) is 43.2 Å². The lowest BCUT2D eigenvalue weighted by molar-refractivity contribution is -0.141. The molecule has 174 valence electrons. The van der Waals surface area contributed by atoms with Crippen LogP contribution in [0.4, 0.5) is 18.9 Å². The molecule has 2 aromatic carbocycles. The molecule has 1 aliphatic heterocycles. The quantitative estimate of drug-likeness (QED) is 0.542. The average Bonchev–Trinajstić information content (AvgIpc) is 2.79. The Balaban J connectivity index is 1.69. The van der Waals surface area contributed by atoms with Gasteiger partial charge in [-0.25, -0.2) is 4.98 Å². The summed E-state index contributed by atoms with van der Waals surface area (Å²) in [7, 11) is 1.42. The van der Waals surface area contributed by atoms with Gasteiger partial charge in [0.2, 0.25) is 0 Å². The normalized spacial score (nSPS) is 17.4. The van der Waals surface area contributed by atoms with Crippen LogP contribution in [-0.4, -0.2) is 55.0 Å². The highest BCUT2D eigenvalue weighted by Gasteiger charge is 2.34. The van der Waals surface area contributed by atoms with E-state index in [-0.39, 0.29) is 17.3 Å². The molecule has 0 N–H and O–H groups in total. The Morgan fingerprint density at radius 1 is 1.09 bits per heavy atom. The second kappa shape index (κ2) is 9.39. The van der Waals surface area contributed by atoms with E-state index in [0.29, 0.717) is 37.3 Å². The summed E-state index contributed by atoms with van der Waals surface area (Å²) >= 11 is 0. The predicted octanol–water partition coefficient (Wildman–Crippen LogP) is 4.58. The standard InChI is InChI=1S/C25H26F3N3O2/c1-17(32)15-30-12-13-31(16-19(30)14-18-6-4-3-5-7-18)21-9-10-22(33-2)24-20(21)8-11-23(29-24)25(26,27)28/h3-11,19H,12-16H2,1-2H3. The number of alkyl halides is 3. The number of methoxy groups -OCH3 is 1. The molecule has 1 fully saturated rings. The number of pyridine rings is 1. The van der Waals surface area contributed by atoms with Crippen LogP contribution in [-0.2, 0) is 17.4 Å². The zero-order chi connectivity index (χ0) is 23.6. The molecule has 5 nitrogen and oxygen atoms in total. The third-order valence-corrected chi connectivity index (χ3v) is 5.99. The van der Waals surface area contributed by atoms with Gasteiger partial charge in [0.1, 0.15) is 22.7 Å². The maximum Gasteiger partial charge on any atom is 0.433 e. The molecule has 0 aliphatic carbocycles. The fourth-order valence-electron chi connectivity index (χ4n) is 4.46. The molecule has 0 amide bonds. The Bertz CT molecular complexity index is 1130. The number of anilines is 1. The number of hydrogen-bond acceptors (Lipinski definition) is 5. The van der Waals surface area contributed by atoms with Crippen LogP contribution in [0.15, 0.2) is 54.6 Å². The van der Waals surface area contributed by atoms with Crippen molar-refractivity contribution in [3.8, 4) is 5.75 Å². The largest absolute Gasteiger partial charge is 0.494 e. The highest BCUT2D eigenvalue weighted by molar-refractivity contribution is 5.96. The van der Waals surface area contributed by atoms with Crippen molar-refractivity contribution < 1.29 is 22.7 Å². The lowest BCUT2D eigenvalue weighted by Gasteiger charge is -2.42. The van der Waals surface area contributed by atoms with Gasteiger partial charge in [0.05, 0.1) is 13.7 Å². The minimum atomic E-state index is -4.53. The summed E-state index contributed by atoms with van der Waals surface area (Å²) in [5, 5.41) is 0.612. The van der Waals surface area contributed by atoms with Crippen LogP contribution in [0.2, 0.25) is 0 Å². The van der Waals surface area contributed by atoms with Crippen molar-refractivity contribution in [1.82, 2.24) is 9.88 Å². The lowest BCUT2D eigenvalue weighted by Crippen LogP contribution is -2.55. The summed E-state index contributed by atoms with van der Waals surface area (Å²) < 4.78 is 45.1. The number of carbonyl (C=O) groups excluding carboxylic acids is 1. The summed E-state index contributed by atoms with van der Waals surface area (Å²) in [6.07, 6.45) is -3.76. The van der Waals surface area contributed by atoms with Gasteiger partial charge in [-0.3, -0.25) is 9.69 Å². The Labute approximate surface area is 190 Å². The smallest absolute Gasteiger partial charge is 0.433 e. The number of halogens is 3. The van der Waals surface area contributed by atoms with Crippen molar-refractivity contribution in [1.29, 1.82) is 0 Å². The summed E-state index contributed by atoms with van der Waals surface area (Å²) in [6.45, 7) is 3.95. The third kappa shape index (κ3) is 5.11. The van der Waals surface area contributed by atoms with E-state index in [4.69, 9.17) is 4.74 Å². The molecular formula is C25H26F3N3O2. The van der Waals surface area contributed by atoms with Crippen LogP contribution in [0.5, 0.6) is 5.75 Å². The number of fused-ring (bicyclic) bond motifs is 1. The van der Waals surface area contributed by atoms with Gasteiger partial charge in [-0.2, -0.15) is 13.2 Å². The Hall–Kier alpha value is -3.13. The first-order valence-electron chi connectivity index (χ1n) is 10.8. The second-order valence-electron chi connectivity index (χ2n) is 8.34. The van der Waals surface area contributed by atoms with Crippen molar-refractivity contribution in [3.63, 3.8) is 0 Å².